The molecule has 0 bridgehead atoms. The Morgan fingerprint density at radius 2 is 2.32 bits per heavy atom. The molecule has 0 saturated heterocycles. The number of rotatable bonds is 4. The first kappa shape index (κ1) is 14.3. The van der Waals surface area contributed by atoms with Crippen LogP contribution in [0.3, 0.4) is 0 Å². The molecule has 2 aromatic heterocycles. The molecule has 116 valence electrons. The van der Waals surface area contributed by atoms with Crippen LogP contribution in [0.15, 0.2) is 23.1 Å². The lowest BCUT2D eigenvalue weighted by molar-refractivity contribution is -0.141. The molecule has 0 spiro atoms. The summed E-state index contributed by atoms with van der Waals surface area (Å²) in [6, 6.07) is 2.68. The van der Waals surface area contributed by atoms with E-state index in [2.05, 4.69) is 10.1 Å². The first-order valence-corrected chi connectivity index (χ1v) is 7.00. The van der Waals surface area contributed by atoms with Crippen molar-refractivity contribution in [2.75, 3.05) is 7.11 Å². The highest BCUT2D eigenvalue weighted by molar-refractivity contribution is 5.72. The van der Waals surface area contributed by atoms with Gasteiger partial charge < -0.3 is 9.84 Å². The Labute approximate surface area is 126 Å². The summed E-state index contributed by atoms with van der Waals surface area (Å²) in [5, 5.41) is 13.5. The van der Waals surface area contributed by atoms with E-state index >= 15 is 0 Å². The van der Waals surface area contributed by atoms with Gasteiger partial charge in [0.1, 0.15) is 11.9 Å². The van der Waals surface area contributed by atoms with Gasteiger partial charge in [0.15, 0.2) is 0 Å². The minimum atomic E-state index is -0.992. The highest BCUT2D eigenvalue weighted by Gasteiger charge is 2.30. The van der Waals surface area contributed by atoms with Crippen LogP contribution in [-0.4, -0.2) is 37.5 Å². The van der Waals surface area contributed by atoms with Gasteiger partial charge in [-0.1, -0.05) is 6.07 Å². The van der Waals surface area contributed by atoms with Gasteiger partial charge in [-0.2, -0.15) is 5.10 Å². The number of carboxylic acids is 1. The zero-order valence-corrected chi connectivity index (χ0v) is 12.1. The van der Waals surface area contributed by atoms with Gasteiger partial charge in [-0.3, -0.25) is 4.57 Å². The summed E-state index contributed by atoms with van der Waals surface area (Å²) in [6.45, 7) is 0.252. The SMILES string of the molecule is COc1ccc(Cn2nc3n(c2=O)C(C(=O)O)CCC3)cn1. The van der Waals surface area contributed by atoms with Crippen LogP contribution >= 0.6 is 0 Å². The maximum Gasteiger partial charge on any atom is 0.347 e. The number of aliphatic carboxylic acids is 1. The van der Waals surface area contributed by atoms with Gasteiger partial charge >= 0.3 is 11.7 Å². The highest BCUT2D eigenvalue weighted by atomic mass is 16.5. The molecular weight excluding hydrogens is 288 g/mol. The number of nitrogens with zero attached hydrogens (tertiary/aromatic N) is 4. The minimum Gasteiger partial charge on any atom is -0.481 e. The predicted octanol–water partition coefficient (Wildman–Crippen LogP) is 0.459. The summed E-state index contributed by atoms with van der Waals surface area (Å²) in [7, 11) is 1.53. The zero-order valence-electron chi connectivity index (χ0n) is 12.1. The molecular formula is C14H16N4O4. The Balaban J connectivity index is 1.92. The number of ether oxygens (including phenoxy) is 1. The number of aryl methyl sites for hydroxylation is 1. The van der Waals surface area contributed by atoms with Crippen molar-refractivity contribution >= 4 is 5.97 Å². The zero-order chi connectivity index (χ0) is 15.7. The van der Waals surface area contributed by atoms with E-state index in [0.29, 0.717) is 24.5 Å². The topological polar surface area (TPSA) is 99.2 Å². The van der Waals surface area contributed by atoms with Crippen molar-refractivity contribution in [3.05, 3.63) is 40.2 Å². The molecule has 1 atom stereocenters. The van der Waals surface area contributed by atoms with Crippen LogP contribution in [0.25, 0.3) is 0 Å². The molecule has 0 fully saturated rings. The smallest absolute Gasteiger partial charge is 0.347 e. The maximum atomic E-state index is 12.4. The number of hydrogen-bond acceptors (Lipinski definition) is 5. The number of methoxy groups -OCH3 is 1. The first-order valence-electron chi connectivity index (χ1n) is 7.00. The first-order chi connectivity index (χ1) is 10.6. The standard InChI is InChI=1S/C14H16N4O4/c1-22-12-6-5-9(7-15-12)8-17-14(21)18-10(13(19)20)3-2-4-11(18)16-17/h5-7,10H,2-4,8H2,1H3,(H,19,20). The number of fused-ring (bicyclic) bond motifs is 1. The molecule has 1 unspecified atom stereocenters. The van der Waals surface area contributed by atoms with Gasteiger partial charge in [0.05, 0.1) is 13.7 Å². The molecule has 0 saturated carbocycles. The van der Waals surface area contributed by atoms with Crippen LogP contribution in [0.1, 0.15) is 30.3 Å². The molecule has 2 aromatic rings. The van der Waals surface area contributed by atoms with Gasteiger partial charge in [-0.05, 0) is 18.4 Å². The molecule has 8 nitrogen and oxygen atoms in total. The monoisotopic (exact) mass is 304 g/mol. The van der Waals surface area contributed by atoms with Gasteiger partial charge in [0, 0.05) is 18.7 Å². The van der Waals surface area contributed by atoms with E-state index in [1.165, 1.54) is 16.4 Å². The van der Waals surface area contributed by atoms with E-state index in [0.717, 1.165) is 12.0 Å². The molecule has 1 aliphatic rings. The second-order valence-corrected chi connectivity index (χ2v) is 5.18. The molecule has 0 aromatic carbocycles. The molecule has 0 radical (unpaired) electrons. The largest absolute Gasteiger partial charge is 0.481 e. The minimum absolute atomic E-state index is 0.252. The number of hydrogen-bond donors (Lipinski definition) is 1. The number of aromatic nitrogens is 4. The van der Waals surface area contributed by atoms with Crippen LogP contribution in [-0.2, 0) is 17.8 Å². The van der Waals surface area contributed by atoms with Crippen molar-refractivity contribution in [1.82, 2.24) is 19.3 Å². The van der Waals surface area contributed by atoms with E-state index in [1.54, 1.807) is 18.3 Å². The van der Waals surface area contributed by atoms with Crippen LogP contribution in [0, 0.1) is 0 Å². The van der Waals surface area contributed by atoms with Gasteiger partial charge in [-0.15, -0.1) is 0 Å². The van der Waals surface area contributed by atoms with E-state index in [1.807, 2.05) is 0 Å². The number of carbonyl (C=O) groups is 1. The lowest BCUT2D eigenvalue weighted by Gasteiger charge is -2.19. The summed E-state index contributed by atoms with van der Waals surface area (Å²) in [5.74, 6) is 0.0324. The van der Waals surface area contributed by atoms with Gasteiger partial charge in [0.25, 0.3) is 0 Å². The molecule has 0 aliphatic carbocycles. The second kappa shape index (κ2) is 5.63. The quantitative estimate of drug-likeness (QED) is 0.881. The van der Waals surface area contributed by atoms with Crippen molar-refractivity contribution < 1.29 is 14.6 Å². The van der Waals surface area contributed by atoms with E-state index in [4.69, 9.17) is 4.74 Å². The van der Waals surface area contributed by atoms with Crippen LogP contribution in [0.2, 0.25) is 0 Å². The maximum absolute atomic E-state index is 12.4. The fourth-order valence-corrected chi connectivity index (χ4v) is 2.67. The molecule has 3 rings (SSSR count). The number of carboxylic acid groups (broad SMARTS) is 1. The molecule has 0 amide bonds. The Bertz CT molecular complexity index is 747. The van der Waals surface area contributed by atoms with Gasteiger partial charge in [0.2, 0.25) is 5.88 Å². The van der Waals surface area contributed by atoms with Crippen LogP contribution in [0.4, 0.5) is 0 Å². The third kappa shape index (κ3) is 2.47. The van der Waals surface area contributed by atoms with Gasteiger partial charge in [-0.25, -0.2) is 19.3 Å². The molecule has 22 heavy (non-hydrogen) atoms. The summed E-state index contributed by atoms with van der Waals surface area (Å²) in [6.07, 6.45) is 3.40. The normalized spacial score (nSPS) is 17.0. The molecule has 1 aliphatic heterocycles. The lowest BCUT2D eigenvalue weighted by Crippen LogP contribution is -2.34. The van der Waals surface area contributed by atoms with Crippen molar-refractivity contribution in [3.8, 4) is 5.88 Å². The Hall–Kier alpha value is -2.64. The highest BCUT2D eigenvalue weighted by Crippen LogP contribution is 2.21. The molecule has 8 heteroatoms. The van der Waals surface area contributed by atoms with Crippen LogP contribution < -0.4 is 10.4 Å². The Kier molecular flexibility index (Phi) is 3.66. The number of pyridine rings is 1. The van der Waals surface area contributed by atoms with E-state index in [9.17, 15) is 14.7 Å². The fraction of sp³-hybridized carbons (Fsp3) is 0.429. The Morgan fingerprint density at radius 1 is 1.50 bits per heavy atom. The lowest BCUT2D eigenvalue weighted by atomic mass is 10.1. The average Bonchev–Trinajstić information content (AvgIpc) is 2.84. The fourth-order valence-electron chi connectivity index (χ4n) is 2.67. The van der Waals surface area contributed by atoms with Crippen LogP contribution in [0.5, 0.6) is 5.88 Å². The van der Waals surface area contributed by atoms with Crippen molar-refractivity contribution in [2.45, 2.75) is 31.8 Å². The van der Waals surface area contributed by atoms with Crippen molar-refractivity contribution in [3.63, 3.8) is 0 Å². The molecule has 3 heterocycles. The average molecular weight is 304 g/mol. The summed E-state index contributed by atoms with van der Waals surface area (Å²) in [5.41, 5.74) is 0.406. The van der Waals surface area contributed by atoms with E-state index in [-0.39, 0.29) is 6.54 Å². The summed E-state index contributed by atoms with van der Waals surface area (Å²) >= 11 is 0. The third-order valence-corrected chi connectivity index (χ3v) is 3.75. The summed E-state index contributed by atoms with van der Waals surface area (Å²) < 4.78 is 7.57. The summed E-state index contributed by atoms with van der Waals surface area (Å²) in [4.78, 5) is 27.8. The Morgan fingerprint density at radius 3 is 2.95 bits per heavy atom. The molecule has 1 N–H and O–H groups in total. The van der Waals surface area contributed by atoms with E-state index < -0.39 is 17.7 Å². The third-order valence-electron chi connectivity index (χ3n) is 3.75. The van der Waals surface area contributed by atoms with Crippen molar-refractivity contribution in [2.24, 2.45) is 0 Å². The second-order valence-electron chi connectivity index (χ2n) is 5.18. The van der Waals surface area contributed by atoms with Crippen molar-refractivity contribution in [1.29, 1.82) is 0 Å². The predicted molar refractivity (Wildman–Crippen MR) is 76.0 cm³/mol.